The fourth-order valence-electron chi connectivity index (χ4n) is 0.735. The van der Waals surface area contributed by atoms with Gasteiger partial charge in [-0.05, 0) is 28.8 Å². The summed E-state index contributed by atoms with van der Waals surface area (Å²) >= 11 is 7.05. The third-order valence-electron chi connectivity index (χ3n) is 1.31. The van der Waals surface area contributed by atoms with Gasteiger partial charge in [0, 0.05) is 5.88 Å². The number of halogens is 1. The molecule has 0 bridgehead atoms. The SMILES string of the molecule is O[C@H](CCCl)c1ccsc1. The molecule has 3 heteroatoms. The van der Waals surface area contributed by atoms with Crippen LogP contribution in [-0.2, 0) is 0 Å². The number of aliphatic hydroxyl groups excluding tert-OH is 1. The summed E-state index contributed by atoms with van der Waals surface area (Å²) in [7, 11) is 0. The van der Waals surface area contributed by atoms with Gasteiger partial charge in [0.1, 0.15) is 0 Å². The van der Waals surface area contributed by atoms with Crippen LogP contribution in [-0.4, -0.2) is 11.0 Å². The van der Waals surface area contributed by atoms with Crippen molar-refractivity contribution >= 4 is 22.9 Å². The monoisotopic (exact) mass is 176 g/mol. The topological polar surface area (TPSA) is 20.2 Å². The largest absolute Gasteiger partial charge is 0.388 e. The summed E-state index contributed by atoms with van der Waals surface area (Å²) in [5, 5.41) is 13.2. The Hall–Kier alpha value is -0.0500. The fourth-order valence-corrected chi connectivity index (χ4v) is 1.65. The molecule has 0 saturated carbocycles. The molecule has 1 rings (SSSR count). The number of rotatable bonds is 3. The van der Waals surface area contributed by atoms with Gasteiger partial charge in [-0.15, -0.1) is 11.6 Å². The highest BCUT2D eigenvalue weighted by atomic mass is 35.5. The Morgan fingerprint density at radius 3 is 3.00 bits per heavy atom. The van der Waals surface area contributed by atoms with E-state index in [1.807, 2.05) is 16.8 Å². The lowest BCUT2D eigenvalue weighted by molar-refractivity contribution is 0.175. The third-order valence-corrected chi connectivity index (χ3v) is 2.23. The first-order chi connectivity index (χ1) is 4.84. The Bertz CT molecular complexity index is 174. The van der Waals surface area contributed by atoms with E-state index < -0.39 is 0 Å². The Kier molecular flexibility index (Phi) is 3.19. The van der Waals surface area contributed by atoms with Gasteiger partial charge in [0.2, 0.25) is 0 Å². The minimum atomic E-state index is -0.372. The van der Waals surface area contributed by atoms with Crippen LogP contribution in [0, 0.1) is 0 Å². The van der Waals surface area contributed by atoms with Crippen molar-refractivity contribution in [2.45, 2.75) is 12.5 Å². The zero-order valence-corrected chi connectivity index (χ0v) is 7.03. The first-order valence-corrected chi connectivity index (χ1v) is 4.58. The van der Waals surface area contributed by atoms with Crippen molar-refractivity contribution in [3.63, 3.8) is 0 Å². The average Bonchev–Trinajstić information content (AvgIpc) is 2.38. The molecule has 56 valence electrons. The summed E-state index contributed by atoms with van der Waals surface area (Å²) in [6.07, 6.45) is 0.266. The molecule has 1 nitrogen and oxygen atoms in total. The Morgan fingerprint density at radius 2 is 2.50 bits per heavy atom. The molecule has 1 atom stereocenters. The van der Waals surface area contributed by atoms with Crippen molar-refractivity contribution in [2.75, 3.05) is 5.88 Å². The maximum Gasteiger partial charge on any atom is 0.0809 e. The minimum Gasteiger partial charge on any atom is -0.388 e. The lowest BCUT2D eigenvalue weighted by Gasteiger charge is -2.04. The first kappa shape index (κ1) is 8.05. The van der Waals surface area contributed by atoms with Gasteiger partial charge in [0.05, 0.1) is 6.10 Å². The first-order valence-electron chi connectivity index (χ1n) is 3.10. The van der Waals surface area contributed by atoms with Crippen LogP contribution in [0.1, 0.15) is 18.1 Å². The standard InChI is InChI=1S/C7H9ClOS/c8-3-1-7(9)6-2-4-10-5-6/h2,4-5,7,9H,1,3H2/t7-/m1/s1. The van der Waals surface area contributed by atoms with Crippen molar-refractivity contribution in [1.29, 1.82) is 0 Å². The van der Waals surface area contributed by atoms with Gasteiger partial charge >= 0.3 is 0 Å². The maximum atomic E-state index is 9.33. The zero-order chi connectivity index (χ0) is 7.40. The number of aliphatic hydroxyl groups is 1. The summed E-state index contributed by atoms with van der Waals surface area (Å²) in [5.41, 5.74) is 0.977. The Labute approximate surface area is 69.3 Å². The van der Waals surface area contributed by atoms with Crippen LogP contribution in [0.3, 0.4) is 0 Å². The van der Waals surface area contributed by atoms with E-state index in [4.69, 9.17) is 11.6 Å². The van der Waals surface area contributed by atoms with Crippen LogP contribution >= 0.6 is 22.9 Å². The zero-order valence-electron chi connectivity index (χ0n) is 5.46. The fraction of sp³-hybridized carbons (Fsp3) is 0.429. The van der Waals surface area contributed by atoms with E-state index in [0.717, 1.165) is 5.56 Å². The second-order valence-corrected chi connectivity index (χ2v) is 3.21. The molecule has 0 aliphatic heterocycles. The maximum absolute atomic E-state index is 9.33. The highest BCUT2D eigenvalue weighted by Gasteiger charge is 2.05. The lowest BCUT2D eigenvalue weighted by Crippen LogP contribution is -1.95. The van der Waals surface area contributed by atoms with Crippen molar-refractivity contribution in [3.05, 3.63) is 22.4 Å². The number of hydrogen-bond acceptors (Lipinski definition) is 2. The molecule has 0 fully saturated rings. The van der Waals surface area contributed by atoms with E-state index in [-0.39, 0.29) is 6.10 Å². The molecule has 0 saturated heterocycles. The summed E-state index contributed by atoms with van der Waals surface area (Å²) in [6.45, 7) is 0. The second kappa shape index (κ2) is 3.96. The average molecular weight is 177 g/mol. The van der Waals surface area contributed by atoms with E-state index in [2.05, 4.69) is 0 Å². The van der Waals surface area contributed by atoms with Gasteiger partial charge < -0.3 is 5.11 Å². The minimum absolute atomic E-state index is 0.372. The lowest BCUT2D eigenvalue weighted by atomic mass is 10.1. The number of hydrogen-bond donors (Lipinski definition) is 1. The predicted molar refractivity (Wildman–Crippen MR) is 44.6 cm³/mol. The molecule has 1 heterocycles. The molecule has 0 radical (unpaired) electrons. The van der Waals surface area contributed by atoms with Crippen molar-refractivity contribution in [1.82, 2.24) is 0 Å². The van der Waals surface area contributed by atoms with Gasteiger partial charge in [-0.2, -0.15) is 11.3 Å². The number of thiophene rings is 1. The van der Waals surface area contributed by atoms with E-state index in [1.165, 1.54) is 0 Å². The molecule has 0 aliphatic carbocycles. The van der Waals surface area contributed by atoms with Crippen molar-refractivity contribution < 1.29 is 5.11 Å². The third kappa shape index (κ3) is 1.97. The highest BCUT2D eigenvalue weighted by molar-refractivity contribution is 7.07. The molecule has 0 aromatic carbocycles. The predicted octanol–water partition coefficient (Wildman–Crippen LogP) is 2.41. The molecule has 1 N–H and O–H groups in total. The summed E-state index contributed by atoms with van der Waals surface area (Å²) in [4.78, 5) is 0. The van der Waals surface area contributed by atoms with E-state index >= 15 is 0 Å². The van der Waals surface area contributed by atoms with Gasteiger partial charge in [0.15, 0.2) is 0 Å². The molecule has 10 heavy (non-hydrogen) atoms. The Morgan fingerprint density at radius 1 is 1.70 bits per heavy atom. The normalized spacial score (nSPS) is 13.4. The van der Waals surface area contributed by atoms with Gasteiger partial charge in [0.25, 0.3) is 0 Å². The summed E-state index contributed by atoms with van der Waals surface area (Å²) in [6, 6.07) is 1.92. The van der Waals surface area contributed by atoms with E-state index in [0.29, 0.717) is 12.3 Å². The number of alkyl halides is 1. The van der Waals surface area contributed by atoms with Crippen LogP contribution in [0.2, 0.25) is 0 Å². The summed E-state index contributed by atoms with van der Waals surface area (Å²) < 4.78 is 0. The van der Waals surface area contributed by atoms with Crippen LogP contribution in [0.5, 0.6) is 0 Å². The molecular formula is C7H9ClOS. The smallest absolute Gasteiger partial charge is 0.0809 e. The molecule has 1 aromatic heterocycles. The summed E-state index contributed by atoms with van der Waals surface area (Å²) in [5.74, 6) is 0.511. The molecule has 0 spiro atoms. The van der Waals surface area contributed by atoms with Crippen LogP contribution in [0.15, 0.2) is 16.8 Å². The van der Waals surface area contributed by atoms with Gasteiger partial charge in [-0.1, -0.05) is 0 Å². The van der Waals surface area contributed by atoms with Crippen LogP contribution < -0.4 is 0 Å². The molecular weight excluding hydrogens is 168 g/mol. The second-order valence-electron chi connectivity index (χ2n) is 2.05. The van der Waals surface area contributed by atoms with Gasteiger partial charge in [-0.3, -0.25) is 0 Å². The van der Waals surface area contributed by atoms with Crippen LogP contribution in [0.25, 0.3) is 0 Å². The van der Waals surface area contributed by atoms with Crippen LogP contribution in [0.4, 0.5) is 0 Å². The molecule has 0 aliphatic rings. The van der Waals surface area contributed by atoms with E-state index in [9.17, 15) is 5.11 Å². The van der Waals surface area contributed by atoms with E-state index in [1.54, 1.807) is 11.3 Å². The van der Waals surface area contributed by atoms with Gasteiger partial charge in [-0.25, -0.2) is 0 Å². The van der Waals surface area contributed by atoms with Crippen molar-refractivity contribution in [3.8, 4) is 0 Å². The molecule has 0 unspecified atom stereocenters. The molecule has 0 amide bonds. The van der Waals surface area contributed by atoms with Crippen molar-refractivity contribution in [2.24, 2.45) is 0 Å². The quantitative estimate of drug-likeness (QED) is 0.702. The highest BCUT2D eigenvalue weighted by Crippen LogP contribution is 2.19. The molecule has 1 aromatic rings. The Balaban J connectivity index is 2.50.